The first-order valence-corrected chi connectivity index (χ1v) is 10.0. The fourth-order valence-electron chi connectivity index (χ4n) is 4.81. The summed E-state index contributed by atoms with van der Waals surface area (Å²) in [6.45, 7) is 7.98. The van der Waals surface area contributed by atoms with Gasteiger partial charge in [-0.25, -0.2) is 4.98 Å². The molecule has 2 unspecified atom stereocenters. The number of hydrogen-bond acceptors (Lipinski definition) is 6. The summed E-state index contributed by atoms with van der Waals surface area (Å²) in [4.78, 5) is 21.3. The van der Waals surface area contributed by atoms with Crippen molar-refractivity contribution in [3.8, 4) is 5.88 Å². The Bertz CT molecular complexity index is 898. The molecule has 29 heavy (non-hydrogen) atoms. The van der Waals surface area contributed by atoms with E-state index in [1.54, 1.807) is 18.0 Å². The number of amides is 1. The Balaban J connectivity index is 1.40. The third-order valence-corrected chi connectivity index (χ3v) is 6.30. The van der Waals surface area contributed by atoms with Crippen molar-refractivity contribution < 1.29 is 14.6 Å². The van der Waals surface area contributed by atoms with Gasteiger partial charge in [0, 0.05) is 56.1 Å². The Kier molecular flexibility index (Phi) is 5.31. The highest BCUT2D eigenvalue weighted by Gasteiger charge is 2.52. The molecule has 0 radical (unpaired) electrons. The third-order valence-electron chi connectivity index (χ3n) is 6.30. The second-order valence-corrected chi connectivity index (χ2v) is 8.45. The molecule has 2 aromatic heterocycles. The summed E-state index contributed by atoms with van der Waals surface area (Å²) >= 11 is 0. The maximum atomic E-state index is 12.9. The van der Waals surface area contributed by atoms with E-state index in [1.807, 2.05) is 36.9 Å². The molecule has 4 heterocycles. The minimum atomic E-state index is -0.248. The van der Waals surface area contributed by atoms with E-state index >= 15 is 0 Å². The van der Waals surface area contributed by atoms with E-state index in [9.17, 15) is 9.90 Å². The molecule has 2 aliphatic heterocycles. The number of likely N-dealkylation sites (tertiary alicyclic amines) is 2. The predicted molar refractivity (Wildman–Crippen MR) is 107 cm³/mol. The van der Waals surface area contributed by atoms with Crippen LogP contribution in [0.5, 0.6) is 5.88 Å². The van der Waals surface area contributed by atoms with Gasteiger partial charge < -0.3 is 14.7 Å². The lowest BCUT2D eigenvalue weighted by Gasteiger charge is -2.27. The summed E-state index contributed by atoms with van der Waals surface area (Å²) < 4.78 is 6.98. The van der Waals surface area contributed by atoms with Crippen LogP contribution >= 0.6 is 0 Å². The normalized spacial score (nSPS) is 24.1. The molecule has 0 spiro atoms. The zero-order chi connectivity index (χ0) is 20.6. The lowest BCUT2D eigenvalue weighted by molar-refractivity contribution is -0.131. The Morgan fingerprint density at radius 1 is 1.31 bits per heavy atom. The van der Waals surface area contributed by atoms with Gasteiger partial charge in [0.05, 0.1) is 19.4 Å². The number of hydrogen-bond donors (Lipinski definition) is 1. The van der Waals surface area contributed by atoms with Crippen molar-refractivity contribution in [1.82, 2.24) is 24.6 Å². The van der Waals surface area contributed by atoms with Crippen LogP contribution in [-0.2, 0) is 17.9 Å². The quantitative estimate of drug-likeness (QED) is 0.776. The molecule has 156 valence electrons. The van der Waals surface area contributed by atoms with Crippen molar-refractivity contribution in [2.75, 3.05) is 39.9 Å². The highest BCUT2D eigenvalue weighted by Crippen LogP contribution is 2.42. The number of aromatic nitrogens is 3. The minimum absolute atomic E-state index is 0.0730. The van der Waals surface area contributed by atoms with E-state index in [0.29, 0.717) is 19.0 Å². The average Bonchev–Trinajstić information content (AvgIpc) is 3.31. The van der Waals surface area contributed by atoms with E-state index < -0.39 is 0 Å². The number of ether oxygens (including phenoxy) is 1. The van der Waals surface area contributed by atoms with Gasteiger partial charge in [0.15, 0.2) is 0 Å². The van der Waals surface area contributed by atoms with Crippen LogP contribution in [0.25, 0.3) is 0 Å². The Morgan fingerprint density at radius 2 is 2.14 bits per heavy atom. The van der Waals surface area contributed by atoms with Crippen molar-refractivity contribution in [3.63, 3.8) is 0 Å². The molecule has 8 nitrogen and oxygen atoms in total. The molecule has 2 fully saturated rings. The molecule has 1 N–H and O–H groups in total. The number of aryl methyl sites for hydroxylation is 2. The van der Waals surface area contributed by atoms with Crippen LogP contribution < -0.4 is 4.74 Å². The van der Waals surface area contributed by atoms with Crippen LogP contribution in [0.4, 0.5) is 0 Å². The molecular formula is C21H29N5O3. The van der Waals surface area contributed by atoms with E-state index in [-0.39, 0.29) is 30.4 Å². The second-order valence-electron chi connectivity index (χ2n) is 8.45. The van der Waals surface area contributed by atoms with Gasteiger partial charge in [-0.15, -0.1) is 0 Å². The molecule has 0 aromatic carbocycles. The number of pyridine rings is 1. The molecule has 0 saturated carbocycles. The molecule has 2 aliphatic rings. The molecule has 2 aromatic rings. The van der Waals surface area contributed by atoms with Gasteiger partial charge in [0.1, 0.15) is 6.54 Å². The van der Waals surface area contributed by atoms with Gasteiger partial charge in [-0.3, -0.25) is 14.4 Å². The van der Waals surface area contributed by atoms with E-state index in [2.05, 4.69) is 15.0 Å². The lowest BCUT2D eigenvalue weighted by Crippen LogP contribution is -2.40. The summed E-state index contributed by atoms with van der Waals surface area (Å²) in [6, 6.07) is 5.92. The molecule has 2 atom stereocenters. The summed E-state index contributed by atoms with van der Waals surface area (Å²) in [6.07, 6.45) is 1.76. The minimum Gasteiger partial charge on any atom is -0.481 e. The fourth-order valence-corrected chi connectivity index (χ4v) is 4.81. The summed E-state index contributed by atoms with van der Waals surface area (Å²) in [5.74, 6) is 0.962. The zero-order valence-electron chi connectivity index (χ0n) is 17.3. The molecule has 2 saturated heterocycles. The van der Waals surface area contributed by atoms with Gasteiger partial charge in [-0.1, -0.05) is 0 Å². The first-order valence-electron chi connectivity index (χ1n) is 10.0. The lowest BCUT2D eigenvalue weighted by atomic mass is 9.82. The zero-order valence-corrected chi connectivity index (χ0v) is 17.3. The summed E-state index contributed by atoms with van der Waals surface area (Å²) in [5.41, 5.74) is 2.80. The van der Waals surface area contributed by atoms with Gasteiger partial charge in [0.25, 0.3) is 0 Å². The summed E-state index contributed by atoms with van der Waals surface area (Å²) in [7, 11) is 1.62. The number of fused-ring (bicyclic) bond motifs is 1. The largest absolute Gasteiger partial charge is 0.481 e. The SMILES string of the molecule is COc1cc(CN2CC3CN(C(=O)Cn4nc(C)cc4C)CC3(CO)C2)ccn1. The first kappa shape index (κ1) is 19.8. The number of methoxy groups -OCH3 is 1. The van der Waals surface area contributed by atoms with Crippen LogP contribution in [0.1, 0.15) is 17.0 Å². The first-order chi connectivity index (χ1) is 13.9. The predicted octanol–water partition coefficient (Wildman–Crippen LogP) is 0.856. The van der Waals surface area contributed by atoms with Crippen LogP contribution in [0.15, 0.2) is 24.4 Å². The Morgan fingerprint density at radius 3 is 2.79 bits per heavy atom. The number of carbonyl (C=O) groups excluding carboxylic acids is 1. The summed E-state index contributed by atoms with van der Waals surface area (Å²) in [5, 5.41) is 14.6. The van der Waals surface area contributed by atoms with Crippen LogP contribution in [0.2, 0.25) is 0 Å². The molecule has 0 bridgehead atoms. The number of carbonyl (C=O) groups is 1. The van der Waals surface area contributed by atoms with Crippen LogP contribution in [-0.4, -0.2) is 75.5 Å². The van der Waals surface area contributed by atoms with Crippen molar-refractivity contribution in [2.24, 2.45) is 11.3 Å². The Labute approximate surface area is 171 Å². The molecule has 1 amide bonds. The highest BCUT2D eigenvalue weighted by molar-refractivity contribution is 5.76. The number of nitrogens with zero attached hydrogens (tertiary/aromatic N) is 5. The topological polar surface area (TPSA) is 83.7 Å². The maximum absolute atomic E-state index is 12.9. The van der Waals surface area contributed by atoms with Gasteiger partial charge in [-0.2, -0.15) is 5.10 Å². The fraction of sp³-hybridized carbons (Fsp3) is 0.571. The van der Waals surface area contributed by atoms with Crippen LogP contribution in [0.3, 0.4) is 0 Å². The highest BCUT2D eigenvalue weighted by atomic mass is 16.5. The third kappa shape index (κ3) is 3.86. The van der Waals surface area contributed by atoms with E-state index in [1.165, 1.54) is 0 Å². The number of aliphatic hydroxyl groups is 1. The van der Waals surface area contributed by atoms with Crippen molar-refractivity contribution in [1.29, 1.82) is 0 Å². The number of rotatable bonds is 6. The van der Waals surface area contributed by atoms with E-state index in [4.69, 9.17) is 4.74 Å². The Hall–Kier alpha value is -2.45. The van der Waals surface area contributed by atoms with Gasteiger partial charge in [-0.05, 0) is 37.5 Å². The monoisotopic (exact) mass is 399 g/mol. The van der Waals surface area contributed by atoms with Gasteiger partial charge in [0.2, 0.25) is 11.8 Å². The standard InChI is InChI=1S/C21H29N5O3/c1-15-6-16(2)26(23-15)11-20(28)25-10-18-9-24(12-21(18,13-25)14-27)8-17-4-5-22-19(7-17)29-3/h4-7,18,27H,8-14H2,1-3H3. The maximum Gasteiger partial charge on any atom is 0.244 e. The molecule has 4 rings (SSSR count). The van der Waals surface area contributed by atoms with Crippen LogP contribution in [0, 0.1) is 25.2 Å². The molecule has 8 heteroatoms. The smallest absolute Gasteiger partial charge is 0.244 e. The number of aliphatic hydroxyl groups excluding tert-OH is 1. The van der Waals surface area contributed by atoms with Crippen molar-refractivity contribution in [3.05, 3.63) is 41.3 Å². The van der Waals surface area contributed by atoms with Crippen molar-refractivity contribution in [2.45, 2.75) is 26.9 Å². The molecule has 0 aliphatic carbocycles. The van der Waals surface area contributed by atoms with Gasteiger partial charge >= 0.3 is 0 Å². The second kappa shape index (κ2) is 7.76. The average molecular weight is 399 g/mol. The van der Waals surface area contributed by atoms with Crippen molar-refractivity contribution >= 4 is 5.91 Å². The van der Waals surface area contributed by atoms with E-state index in [0.717, 1.165) is 36.6 Å². The molecular weight excluding hydrogens is 370 g/mol.